The highest BCUT2D eigenvalue weighted by molar-refractivity contribution is 6.37. The molecule has 0 fully saturated rings. The summed E-state index contributed by atoms with van der Waals surface area (Å²) >= 11 is 0. The fourth-order valence-electron chi connectivity index (χ4n) is 1.98. The third kappa shape index (κ3) is 4.78. The molecule has 0 aromatic heterocycles. The lowest BCUT2D eigenvalue weighted by Gasteiger charge is -2.17. The van der Waals surface area contributed by atoms with Gasteiger partial charge in [-0.2, -0.15) is 18.3 Å². The number of carbonyl (C=O) groups excluding carboxylic acids is 3. The van der Waals surface area contributed by atoms with Crippen molar-refractivity contribution in [1.29, 1.82) is 0 Å². The van der Waals surface area contributed by atoms with E-state index in [1.54, 1.807) is 0 Å². The van der Waals surface area contributed by atoms with E-state index in [9.17, 15) is 27.6 Å². The highest BCUT2D eigenvalue weighted by Gasteiger charge is 2.34. The SMILES string of the molecule is C[C@@H](OC(=O)C1=NNC(=O)CC1)C(=O)Nc1ccccc1C(F)(F)F. The minimum Gasteiger partial charge on any atom is -0.448 e. The minimum absolute atomic E-state index is 0.0491. The Hall–Kier alpha value is -2.91. The van der Waals surface area contributed by atoms with Gasteiger partial charge in [-0.15, -0.1) is 0 Å². The maximum Gasteiger partial charge on any atom is 0.418 e. The van der Waals surface area contributed by atoms with Gasteiger partial charge in [0.05, 0.1) is 11.3 Å². The minimum atomic E-state index is -4.64. The standard InChI is InChI=1S/C15H14F3N3O4/c1-8(25-14(24)11-6-7-12(22)21-20-11)13(23)19-10-5-3-2-4-9(10)15(16,17)18/h2-5,8H,6-7H2,1H3,(H,19,23)(H,21,22)/t8-/m1/s1. The van der Waals surface area contributed by atoms with Crippen LogP contribution in [0.4, 0.5) is 18.9 Å². The van der Waals surface area contributed by atoms with Gasteiger partial charge in [-0.3, -0.25) is 9.59 Å². The van der Waals surface area contributed by atoms with Crippen molar-refractivity contribution in [2.75, 3.05) is 5.32 Å². The van der Waals surface area contributed by atoms with Crippen molar-refractivity contribution in [1.82, 2.24) is 5.43 Å². The van der Waals surface area contributed by atoms with Crippen LogP contribution in [0.5, 0.6) is 0 Å². The summed E-state index contributed by atoms with van der Waals surface area (Å²) in [6.45, 7) is 1.21. The van der Waals surface area contributed by atoms with Crippen LogP contribution in [0.15, 0.2) is 29.4 Å². The molecule has 1 aliphatic heterocycles. The third-order valence-corrected chi connectivity index (χ3v) is 3.28. The summed E-state index contributed by atoms with van der Waals surface area (Å²) in [6, 6.07) is 4.44. The van der Waals surface area contributed by atoms with Crippen LogP contribution in [-0.2, 0) is 25.3 Å². The average molecular weight is 357 g/mol. The zero-order chi connectivity index (χ0) is 18.6. The first kappa shape index (κ1) is 18.4. The van der Waals surface area contributed by atoms with E-state index >= 15 is 0 Å². The zero-order valence-electron chi connectivity index (χ0n) is 13.0. The Balaban J connectivity index is 2.02. The number of carbonyl (C=O) groups is 3. The first-order valence-electron chi connectivity index (χ1n) is 7.22. The van der Waals surface area contributed by atoms with Crippen molar-refractivity contribution in [2.45, 2.75) is 32.0 Å². The molecule has 2 rings (SSSR count). The predicted octanol–water partition coefficient (Wildman–Crippen LogP) is 1.84. The lowest BCUT2D eigenvalue weighted by molar-refractivity contribution is -0.146. The number of benzene rings is 1. The van der Waals surface area contributed by atoms with E-state index in [4.69, 9.17) is 4.74 Å². The molecule has 1 aromatic rings. The van der Waals surface area contributed by atoms with Gasteiger partial charge >= 0.3 is 12.1 Å². The van der Waals surface area contributed by atoms with E-state index in [1.807, 2.05) is 0 Å². The Kier molecular flexibility index (Phi) is 5.40. The second-order valence-electron chi connectivity index (χ2n) is 5.17. The van der Waals surface area contributed by atoms with Crippen molar-refractivity contribution in [3.63, 3.8) is 0 Å². The summed E-state index contributed by atoms with van der Waals surface area (Å²) in [5, 5.41) is 5.60. The quantitative estimate of drug-likeness (QED) is 0.804. The summed E-state index contributed by atoms with van der Waals surface area (Å²) in [6.07, 6.45) is -5.89. The lowest BCUT2D eigenvalue weighted by Crippen LogP contribution is -2.36. The van der Waals surface area contributed by atoms with Crippen molar-refractivity contribution in [3.8, 4) is 0 Å². The number of ether oxygens (including phenoxy) is 1. The number of alkyl halides is 3. The molecule has 0 spiro atoms. The molecule has 1 heterocycles. The molecule has 2 N–H and O–H groups in total. The maximum absolute atomic E-state index is 12.9. The molecule has 7 nitrogen and oxygen atoms in total. The van der Waals surface area contributed by atoms with Crippen LogP contribution < -0.4 is 10.7 Å². The van der Waals surface area contributed by atoms with Gasteiger partial charge in [-0.25, -0.2) is 10.2 Å². The number of nitrogens with one attached hydrogen (secondary N) is 2. The Morgan fingerprint density at radius 1 is 1.28 bits per heavy atom. The molecular weight excluding hydrogens is 343 g/mol. The molecule has 0 unspecified atom stereocenters. The molecule has 134 valence electrons. The number of anilines is 1. The summed E-state index contributed by atoms with van der Waals surface area (Å²) in [4.78, 5) is 34.8. The van der Waals surface area contributed by atoms with Crippen molar-refractivity contribution in [2.24, 2.45) is 5.10 Å². The molecule has 0 radical (unpaired) electrons. The fourth-order valence-corrected chi connectivity index (χ4v) is 1.98. The summed E-state index contributed by atoms with van der Waals surface area (Å²) < 4.78 is 43.6. The van der Waals surface area contributed by atoms with Crippen LogP contribution in [0.2, 0.25) is 0 Å². The number of halogens is 3. The van der Waals surface area contributed by atoms with Gasteiger partial charge in [-0.05, 0) is 19.1 Å². The van der Waals surface area contributed by atoms with Crippen LogP contribution in [0.1, 0.15) is 25.3 Å². The van der Waals surface area contributed by atoms with E-state index in [1.165, 1.54) is 19.1 Å². The number of nitrogens with zero attached hydrogens (tertiary/aromatic N) is 1. The number of esters is 1. The molecule has 10 heteroatoms. The summed E-state index contributed by atoms with van der Waals surface area (Å²) in [5.74, 6) is -2.21. The average Bonchev–Trinajstić information content (AvgIpc) is 2.54. The van der Waals surface area contributed by atoms with Gasteiger partial charge in [0.15, 0.2) is 6.10 Å². The highest BCUT2D eigenvalue weighted by atomic mass is 19.4. The van der Waals surface area contributed by atoms with E-state index in [0.717, 1.165) is 12.1 Å². The third-order valence-electron chi connectivity index (χ3n) is 3.28. The van der Waals surface area contributed by atoms with E-state index in [-0.39, 0.29) is 24.5 Å². The molecule has 25 heavy (non-hydrogen) atoms. The first-order valence-corrected chi connectivity index (χ1v) is 7.22. The lowest BCUT2D eigenvalue weighted by atomic mass is 10.1. The number of para-hydroxylation sites is 1. The van der Waals surface area contributed by atoms with Gasteiger partial charge in [-0.1, -0.05) is 12.1 Å². The molecule has 1 aromatic carbocycles. The van der Waals surface area contributed by atoms with Crippen LogP contribution in [-0.4, -0.2) is 29.6 Å². The second kappa shape index (κ2) is 7.32. The molecule has 1 aliphatic rings. The maximum atomic E-state index is 12.9. The number of hydrogen-bond donors (Lipinski definition) is 2. The summed E-state index contributed by atoms with van der Waals surface area (Å²) in [7, 11) is 0. The van der Waals surface area contributed by atoms with E-state index in [0.29, 0.717) is 0 Å². The second-order valence-corrected chi connectivity index (χ2v) is 5.17. The Morgan fingerprint density at radius 2 is 1.96 bits per heavy atom. The van der Waals surface area contributed by atoms with Crippen LogP contribution in [0.3, 0.4) is 0 Å². The van der Waals surface area contributed by atoms with Gasteiger partial charge in [0.1, 0.15) is 5.71 Å². The topological polar surface area (TPSA) is 96.9 Å². The largest absolute Gasteiger partial charge is 0.448 e. The molecule has 2 amide bonds. The number of hydrogen-bond acceptors (Lipinski definition) is 5. The van der Waals surface area contributed by atoms with Crippen LogP contribution in [0.25, 0.3) is 0 Å². The predicted molar refractivity (Wildman–Crippen MR) is 80.4 cm³/mol. The Bertz CT molecular complexity index is 731. The van der Waals surface area contributed by atoms with Gasteiger partial charge in [0, 0.05) is 12.8 Å². The molecule has 0 aliphatic carbocycles. The van der Waals surface area contributed by atoms with Gasteiger partial charge in [0.25, 0.3) is 5.91 Å². The van der Waals surface area contributed by atoms with E-state index in [2.05, 4.69) is 15.8 Å². The number of hydrazone groups is 1. The van der Waals surface area contributed by atoms with Crippen molar-refractivity contribution in [3.05, 3.63) is 29.8 Å². The summed E-state index contributed by atoms with van der Waals surface area (Å²) in [5.41, 5.74) is 0.576. The van der Waals surface area contributed by atoms with Crippen molar-refractivity contribution < 1.29 is 32.3 Å². The highest BCUT2D eigenvalue weighted by Crippen LogP contribution is 2.34. The monoisotopic (exact) mass is 357 g/mol. The molecule has 0 saturated heterocycles. The first-order chi connectivity index (χ1) is 11.7. The molecule has 0 bridgehead atoms. The fraction of sp³-hybridized carbons (Fsp3) is 0.333. The number of rotatable bonds is 4. The number of amides is 2. The van der Waals surface area contributed by atoms with Gasteiger partial charge in [0.2, 0.25) is 5.91 Å². The van der Waals surface area contributed by atoms with Crippen LogP contribution >= 0.6 is 0 Å². The Morgan fingerprint density at radius 3 is 2.56 bits per heavy atom. The van der Waals surface area contributed by atoms with Crippen molar-refractivity contribution >= 4 is 29.2 Å². The van der Waals surface area contributed by atoms with Gasteiger partial charge < -0.3 is 10.1 Å². The molecule has 0 saturated carbocycles. The normalized spacial score (nSPS) is 15.7. The molecular formula is C15H14F3N3O4. The van der Waals surface area contributed by atoms with Crippen LogP contribution in [0, 0.1) is 0 Å². The Labute approximate surface area is 140 Å². The smallest absolute Gasteiger partial charge is 0.418 e. The molecule has 1 atom stereocenters. The van der Waals surface area contributed by atoms with E-state index < -0.39 is 35.4 Å². The zero-order valence-corrected chi connectivity index (χ0v) is 13.0.